The van der Waals surface area contributed by atoms with Gasteiger partial charge in [-0.15, -0.1) is 0 Å². The SMILES string of the molecule is N#Cc1ccccc1CSCCC(N)=O. The largest absolute Gasteiger partial charge is 0.370 e. The van der Waals surface area contributed by atoms with Crippen LogP contribution in [0.1, 0.15) is 17.5 Å². The summed E-state index contributed by atoms with van der Waals surface area (Å²) in [4.78, 5) is 10.5. The second kappa shape index (κ2) is 6.10. The number of hydrogen-bond acceptors (Lipinski definition) is 3. The van der Waals surface area contributed by atoms with Gasteiger partial charge in [0.25, 0.3) is 0 Å². The summed E-state index contributed by atoms with van der Waals surface area (Å²) in [6.45, 7) is 0. The molecule has 1 aromatic rings. The number of carbonyl (C=O) groups excluding carboxylic acids is 1. The van der Waals surface area contributed by atoms with Gasteiger partial charge in [-0.25, -0.2) is 0 Å². The molecule has 78 valence electrons. The van der Waals surface area contributed by atoms with Crippen LogP contribution in [-0.2, 0) is 10.5 Å². The highest BCUT2D eigenvalue weighted by atomic mass is 32.2. The van der Waals surface area contributed by atoms with E-state index in [1.807, 2.05) is 18.2 Å². The van der Waals surface area contributed by atoms with E-state index in [0.29, 0.717) is 17.7 Å². The number of carbonyl (C=O) groups is 1. The average Bonchev–Trinajstić information content (AvgIpc) is 2.24. The van der Waals surface area contributed by atoms with Crippen LogP contribution >= 0.6 is 11.8 Å². The van der Waals surface area contributed by atoms with E-state index in [1.54, 1.807) is 17.8 Å². The van der Waals surface area contributed by atoms with Crippen molar-refractivity contribution < 1.29 is 4.79 Å². The summed E-state index contributed by atoms with van der Waals surface area (Å²) in [5, 5.41) is 8.83. The van der Waals surface area contributed by atoms with Crippen molar-refractivity contribution in [1.82, 2.24) is 0 Å². The molecule has 1 aromatic carbocycles. The van der Waals surface area contributed by atoms with Crippen LogP contribution in [0, 0.1) is 11.3 Å². The minimum Gasteiger partial charge on any atom is -0.370 e. The molecule has 0 aliphatic rings. The Bertz CT molecular complexity index is 384. The van der Waals surface area contributed by atoms with Crippen molar-refractivity contribution in [2.75, 3.05) is 5.75 Å². The van der Waals surface area contributed by atoms with E-state index in [0.717, 1.165) is 11.3 Å². The first kappa shape index (κ1) is 11.6. The molecule has 0 aromatic heterocycles. The Labute approximate surface area is 93.3 Å². The number of benzene rings is 1. The number of thioether (sulfide) groups is 1. The van der Waals surface area contributed by atoms with Gasteiger partial charge in [0.2, 0.25) is 5.91 Å². The van der Waals surface area contributed by atoms with Gasteiger partial charge in [-0.1, -0.05) is 18.2 Å². The second-order valence-corrected chi connectivity index (χ2v) is 4.14. The minimum atomic E-state index is -0.281. The Morgan fingerprint density at radius 3 is 2.87 bits per heavy atom. The lowest BCUT2D eigenvalue weighted by atomic mass is 10.1. The molecule has 0 unspecified atom stereocenters. The Kier molecular flexibility index (Phi) is 4.72. The highest BCUT2D eigenvalue weighted by molar-refractivity contribution is 7.98. The van der Waals surface area contributed by atoms with Crippen molar-refractivity contribution in [2.45, 2.75) is 12.2 Å². The van der Waals surface area contributed by atoms with Gasteiger partial charge in [-0.2, -0.15) is 17.0 Å². The third kappa shape index (κ3) is 4.05. The summed E-state index contributed by atoms with van der Waals surface area (Å²) in [5.41, 5.74) is 6.73. The monoisotopic (exact) mass is 220 g/mol. The molecular weight excluding hydrogens is 208 g/mol. The topological polar surface area (TPSA) is 66.9 Å². The summed E-state index contributed by atoms with van der Waals surface area (Å²) in [5.74, 6) is 1.17. The number of nitrogens with two attached hydrogens (primary N) is 1. The fourth-order valence-corrected chi connectivity index (χ4v) is 2.07. The molecule has 0 bridgehead atoms. The maximum atomic E-state index is 10.5. The van der Waals surface area contributed by atoms with Crippen LogP contribution in [0.5, 0.6) is 0 Å². The van der Waals surface area contributed by atoms with E-state index >= 15 is 0 Å². The van der Waals surface area contributed by atoms with Gasteiger partial charge in [0.15, 0.2) is 0 Å². The molecule has 0 saturated carbocycles. The minimum absolute atomic E-state index is 0.281. The number of amides is 1. The maximum Gasteiger partial charge on any atom is 0.218 e. The molecule has 1 amide bonds. The van der Waals surface area contributed by atoms with E-state index in [1.165, 1.54) is 0 Å². The molecule has 0 atom stereocenters. The normalized spacial score (nSPS) is 9.53. The predicted octanol–water partition coefficient (Wildman–Crippen LogP) is 1.67. The molecule has 2 N–H and O–H groups in total. The van der Waals surface area contributed by atoms with Crippen molar-refractivity contribution in [3.05, 3.63) is 35.4 Å². The Hall–Kier alpha value is -1.47. The van der Waals surface area contributed by atoms with Crippen LogP contribution in [0.15, 0.2) is 24.3 Å². The number of nitriles is 1. The highest BCUT2D eigenvalue weighted by Gasteiger charge is 2.01. The molecule has 3 nitrogen and oxygen atoms in total. The van der Waals surface area contributed by atoms with E-state index in [4.69, 9.17) is 11.0 Å². The summed E-state index contributed by atoms with van der Waals surface area (Å²) >= 11 is 1.61. The zero-order valence-corrected chi connectivity index (χ0v) is 9.09. The molecular formula is C11H12N2OS. The molecule has 0 heterocycles. The lowest BCUT2D eigenvalue weighted by molar-refractivity contribution is -0.117. The fourth-order valence-electron chi connectivity index (χ4n) is 1.11. The van der Waals surface area contributed by atoms with Gasteiger partial charge in [-0.05, 0) is 11.6 Å². The standard InChI is InChI=1S/C11H12N2OS/c12-7-9-3-1-2-4-10(9)8-15-6-5-11(13)14/h1-4H,5-6,8H2,(H2,13,14). The second-order valence-electron chi connectivity index (χ2n) is 3.04. The average molecular weight is 220 g/mol. The first-order valence-corrected chi connectivity index (χ1v) is 5.73. The first-order valence-electron chi connectivity index (χ1n) is 4.58. The molecule has 0 aliphatic heterocycles. The van der Waals surface area contributed by atoms with Crippen molar-refractivity contribution in [3.63, 3.8) is 0 Å². The molecule has 0 aliphatic carbocycles. The molecule has 0 spiro atoms. The smallest absolute Gasteiger partial charge is 0.218 e. The summed E-state index contributed by atoms with van der Waals surface area (Å²) in [7, 11) is 0. The Morgan fingerprint density at radius 2 is 2.20 bits per heavy atom. The van der Waals surface area contributed by atoms with Crippen LogP contribution in [0.3, 0.4) is 0 Å². The van der Waals surface area contributed by atoms with Crippen LogP contribution in [0.25, 0.3) is 0 Å². The summed E-state index contributed by atoms with van der Waals surface area (Å²) < 4.78 is 0. The lowest BCUT2D eigenvalue weighted by Gasteiger charge is -2.02. The van der Waals surface area contributed by atoms with Gasteiger partial charge in [0.05, 0.1) is 11.6 Å². The Balaban J connectivity index is 2.44. The number of rotatable bonds is 5. The summed E-state index contributed by atoms with van der Waals surface area (Å²) in [6, 6.07) is 9.61. The maximum absolute atomic E-state index is 10.5. The number of nitrogens with zero attached hydrogens (tertiary/aromatic N) is 1. The van der Waals surface area contributed by atoms with Crippen molar-refractivity contribution in [1.29, 1.82) is 5.26 Å². The van der Waals surface area contributed by atoms with Crippen molar-refractivity contribution >= 4 is 17.7 Å². The van der Waals surface area contributed by atoms with Crippen LogP contribution in [0.4, 0.5) is 0 Å². The zero-order chi connectivity index (χ0) is 11.1. The third-order valence-corrected chi connectivity index (χ3v) is 2.90. The molecule has 0 saturated heterocycles. The Morgan fingerprint density at radius 1 is 1.47 bits per heavy atom. The number of primary amides is 1. The van der Waals surface area contributed by atoms with Gasteiger partial charge in [0.1, 0.15) is 0 Å². The molecule has 15 heavy (non-hydrogen) atoms. The molecule has 0 radical (unpaired) electrons. The van der Waals surface area contributed by atoms with Gasteiger partial charge in [-0.3, -0.25) is 4.79 Å². The van der Waals surface area contributed by atoms with Gasteiger partial charge >= 0.3 is 0 Å². The fraction of sp³-hybridized carbons (Fsp3) is 0.273. The van der Waals surface area contributed by atoms with Crippen LogP contribution in [-0.4, -0.2) is 11.7 Å². The zero-order valence-electron chi connectivity index (χ0n) is 8.27. The van der Waals surface area contributed by atoms with Crippen LogP contribution < -0.4 is 5.73 Å². The van der Waals surface area contributed by atoms with Crippen molar-refractivity contribution in [3.8, 4) is 6.07 Å². The van der Waals surface area contributed by atoms with E-state index in [-0.39, 0.29) is 5.91 Å². The van der Waals surface area contributed by atoms with Crippen molar-refractivity contribution in [2.24, 2.45) is 5.73 Å². The van der Waals surface area contributed by atoms with Gasteiger partial charge < -0.3 is 5.73 Å². The van der Waals surface area contributed by atoms with Gasteiger partial charge in [0, 0.05) is 17.9 Å². The predicted molar refractivity (Wildman–Crippen MR) is 61.1 cm³/mol. The van der Waals surface area contributed by atoms with E-state index < -0.39 is 0 Å². The van der Waals surface area contributed by atoms with E-state index in [9.17, 15) is 4.79 Å². The third-order valence-electron chi connectivity index (χ3n) is 1.89. The molecule has 1 rings (SSSR count). The molecule has 4 heteroatoms. The highest BCUT2D eigenvalue weighted by Crippen LogP contribution is 2.16. The first-order chi connectivity index (χ1) is 7.24. The molecule has 0 fully saturated rings. The van der Waals surface area contributed by atoms with Crippen LogP contribution in [0.2, 0.25) is 0 Å². The number of hydrogen-bond donors (Lipinski definition) is 1. The lowest BCUT2D eigenvalue weighted by Crippen LogP contribution is -2.10. The van der Waals surface area contributed by atoms with E-state index in [2.05, 4.69) is 6.07 Å². The summed E-state index contributed by atoms with van der Waals surface area (Å²) in [6.07, 6.45) is 0.388. The quantitative estimate of drug-likeness (QED) is 0.767.